The van der Waals surface area contributed by atoms with Gasteiger partial charge in [0.25, 0.3) is 0 Å². The van der Waals surface area contributed by atoms with Crippen LogP contribution in [0.5, 0.6) is 0 Å². The Morgan fingerprint density at radius 1 is 1.29 bits per heavy atom. The summed E-state index contributed by atoms with van der Waals surface area (Å²) in [6.07, 6.45) is 4.10. The molecule has 5 nitrogen and oxygen atoms in total. The first-order valence-electron chi connectivity index (χ1n) is 7.36. The van der Waals surface area contributed by atoms with Crippen LogP contribution in [-0.4, -0.2) is 37.3 Å². The van der Waals surface area contributed by atoms with Crippen molar-refractivity contribution in [3.63, 3.8) is 0 Å². The van der Waals surface area contributed by atoms with E-state index in [4.69, 9.17) is 11.6 Å². The van der Waals surface area contributed by atoms with Crippen LogP contribution in [-0.2, 0) is 10.0 Å². The molecule has 0 atom stereocenters. The van der Waals surface area contributed by atoms with E-state index in [0.717, 1.165) is 25.8 Å². The fourth-order valence-electron chi connectivity index (χ4n) is 1.87. The van der Waals surface area contributed by atoms with E-state index >= 15 is 0 Å². The molecule has 1 aromatic rings. The van der Waals surface area contributed by atoms with E-state index in [1.54, 1.807) is 0 Å². The Labute approximate surface area is 132 Å². The highest BCUT2D eigenvalue weighted by Gasteiger charge is 2.23. The lowest BCUT2D eigenvalue weighted by Crippen LogP contribution is -2.32. The summed E-state index contributed by atoms with van der Waals surface area (Å²) in [4.78, 5) is 4.28. The maximum absolute atomic E-state index is 12.6. The molecule has 0 unspecified atom stereocenters. The van der Waals surface area contributed by atoms with Gasteiger partial charge < -0.3 is 5.32 Å². The molecule has 7 heteroatoms. The number of hydrogen-bond acceptors (Lipinski definition) is 4. The zero-order valence-electron chi connectivity index (χ0n) is 12.9. The Hall–Kier alpha value is -0.850. The molecule has 0 aliphatic rings. The average Bonchev–Trinajstić information content (AvgIpc) is 2.46. The first-order valence-corrected chi connectivity index (χ1v) is 9.18. The molecule has 0 radical (unpaired) electrons. The summed E-state index contributed by atoms with van der Waals surface area (Å²) < 4.78 is 26.6. The van der Waals surface area contributed by atoms with E-state index in [1.807, 2.05) is 20.8 Å². The minimum atomic E-state index is -3.52. The fourth-order valence-corrected chi connectivity index (χ4v) is 3.62. The lowest BCUT2D eigenvalue weighted by molar-refractivity contribution is 0.418. The zero-order chi connectivity index (χ0) is 15.9. The van der Waals surface area contributed by atoms with E-state index in [2.05, 4.69) is 10.3 Å². The van der Waals surface area contributed by atoms with Gasteiger partial charge in [-0.3, -0.25) is 0 Å². The normalized spacial score (nSPS) is 11.9. The smallest absolute Gasteiger partial charge is 0.244 e. The van der Waals surface area contributed by atoms with Crippen LogP contribution in [0.4, 0.5) is 5.82 Å². The molecule has 0 saturated carbocycles. The van der Waals surface area contributed by atoms with Crippen LogP contribution < -0.4 is 5.32 Å². The van der Waals surface area contributed by atoms with Crippen molar-refractivity contribution in [2.75, 3.05) is 25.0 Å². The molecule has 0 spiro atoms. The van der Waals surface area contributed by atoms with E-state index < -0.39 is 10.0 Å². The Balaban J connectivity index is 3.00. The number of nitrogens with zero attached hydrogens (tertiary/aromatic N) is 2. The third-order valence-electron chi connectivity index (χ3n) is 3.11. The third-order valence-corrected chi connectivity index (χ3v) is 5.34. The van der Waals surface area contributed by atoms with Crippen LogP contribution in [0.1, 0.15) is 40.0 Å². The van der Waals surface area contributed by atoms with Gasteiger partial charge in [-0.25, -0.2) is 13.4 Å². The number of anilines is 1. The van der Waals surface area contributed by atoms with Gasteiger partial charge in [0.05, 0.1) is 5.02 Å². The van der Waals surface area contributed by atoms with Crippen LogP contribution in [0.2, 0.25) is 5.02 Å². The van der Waals surface area contributed by atoms with Crippen molar-refractivity contribution in [2.24, 2.45) is 0 Å². The molecule has 0 bridgehead atoms. The van der Waals surface area contributed by atoms with Gasteiger partial charge in [-0.05, 0) is 18.9 Å². The van der Waals surface area contributed by atoms with Gasteiger partial charge in [-0.15, -0.1) is 0 Å². The summed E-state index contributed by atoms with van der Waals surface area (Å²) in [5, 5.41) is 3.40. The molecule has 0 aliphatic heterocycles. The fraction of sp³-hybridized carbons (Fsp3) is 0.643. The van der Waals surface area contributed by atoms with Crippen molar-refractivity contribution in [2.45, 2.75) is 44.9 Å². The predicted molar refractivity (Wildman–Crippen MR) is 87.4 cm³/mol. The Morgan fingerprint density at radius 2 is 2.00 bits per heavy atom. The minimum absolute atomic E-state index is 0.146. The highest BCUT2D eigenvalue weighted by molar-refractivity contribution is 7.89. The number of rotatable bonds is 9. The second-order valence-corrected chi connectivity index (χ2v) is 7.12. The zero-order valence-corrected chi connectivity index (χ0v) is 14.5. The standard InChI is InChI=1S/C14H24ClN3O2S/c1-4-7-9-18(6-3)21(19,20)12-10-13(15)14(17-11-12)16-8-5-2/h10-11H,4-9H2,1-3H3,(H,16,17). The van der Waals surface area contributed by atoms with Gasteiger partial charge in [-0.2, -0.15) is 4.31 Å². The lowest BCUT2D eigenvalue weighted by Gasteiger charge is -2.20. The number of halogens is 1. The number of nitrogens with one attached hydrogen (secondary N) is 1. The SMILES string of the molecule is CCCCN(CC)S(=O)(=O)c1cnc(NCCC)c(Cl)c1. The highest BCUT2D eigenvalue weighted by Crippen LogP contribution is 2.24. The Bertz CT molecular complexity index is 549. The van der Waals surface area contributed by atoms with Gasteiger partial charge in [0, 0.05) is 25.8 Å². The predicted octanol–water partition coefficient (Wildman–Crippen LogP) is 3.37. The van der Waals surface area contributed by atoms with Gasteiger partial charge in [0.1, 0.15) is 10.7 Å². The van der Waals surface area contributed by atoms with Crippen molar-refractivity contribution < 1.29 is 8.42 Å². The number of unbranched alkanes of at least 4 members (excludes halogenated alkanes) is 1. The average molecular weight is 334 g/mol. The molecule has 1 aromatic heterocycles. The maximum atomic E-state index is 12.6. The van der Waals surface area contributed by atoms with Gasteiger partial charge in [-0.1, -0.05) is 38.8 Å². The molecule has 1 rings (SSSR count). The van der Waals surface area contributed by atoms with E-state index in [0.29, 0.717) is 23.9 Å². The molecule has 21 heavy (non-hydrogen) atoms. The number of pyridine rings is 1. The third kappa shape index (κ3) is 4.83. The second-order valence-electron chi connectivity index (χ2n) is 4.78. The Kier molecular flexibility index (Phi) is 7.42. The van der Waals surface area contributed by atoms with Crippen molar-refractivity contribution in [3.05, 3.63) is 17.3 Å². The lowest BCUT2D eigenvalue weighted by atomic mass is 10.3. The molecule has 1 heterocycles. The highest BCUT2D eigenvalue weighted by atomic mass is 35.5. The van der Waals surface area contributed by atoms with Crippen LogP contribution in [0.25, 0.3) is 0 Å². The van der Waals surface area contributed by atoms with Crippen LogP contribution in [0.3, 0.4) is 0 Å². The first kappa shape index (κ1) is 18.2. The van der Waals surface area contributed by atoms with Crippen LogP contribution >= 0.6 is 11.6 Å². The molecule has 1 N–H and O–H groups in total. The summed E-state index contributed by atoms with van der Waals surface area (Å²) >= 11 is 6.12. The van der Waals surface area contributed by atoms with Crippen molar-refractivity contribution in [3.8, 4) is 0 Å². The van der Waals surface area contributed by atoms with Crippen molar-refractivity contribution in [1.82, 2.24) is 9.29 Å². The summed E-state index contributed by atoms with van der Waals surface area (Å²) in [5.41, 5.74) is 0. The van der Waals surface area contributed by atoms with E-state index in [1.165, 1.54) is 16.6 Å². The van der Waals surface area contributed by atoms with Crippen molar-refractivity contribution >= 4 is 27.4 Å². The van der Waals surface area contributed by atoms with Gasteiger partial charge in [0.2, 0.25) is 10.0 Å². The molecule has 120 valence electrons. The number of sulfonamides is 1. The topological polar surface area (TPSA) is 62.3 Å². The summed E-state index contributed by atoms with van der Waals surface area (Å²) in [6, 6.07) is 1.47. The number of aromatic nitrogens is 1. The van der Waals surface area contributed by atoms with Gasteiger partial charge in [0.15, 0.2) is 0 Å². The molecule has 0 saturated heterocycles. The monoisotopic (exact) mass is 333 g/mol. The first-order chi connectivity index (χ1) is 9.97. The second kappa shape index (κ2) is 8.56. The summed E-state index contributed by atoms with van der Waals surface area (Å²) in [7, 11) is -3.52. The van der Waals surface area contributed by atoms with Crippen LogP contribution in [0, 0.1) is 0 Å². The molecule has 0 fully saturated rings. The molecular weight excluding hydrogens is 310 g/mol. The van der Waals surface area contributed by atoms with Crippen molar-refractivity contribution in [1.29, 1.82) is 0 Å². The number of hydrogen-bond donors (Lipinski definition) is 1. The molecule has 0 aromatic carbocycles. The maximum Gasteiger partial charge on any atom is 0.244 e. The molecular formula is C14H24ClN3O2S. The summed E-state index contributed by atoms with van der Waals surface area (Å²) in [6.45, 7) is 7.61. The van der Waals surface area contributed by atoms with E-state index in [-0.39, 0.29) is 4.90 Å². The quantitative estimate of drug-likeness (QED) is 0.752. The summed E-state index contributed by atoms with van der Waals surface area (Å²) in [5.74, 6) is 0.522. The minimum Gasteiger partial charge on any atom is -0.369 e. The van der Waals surface area contributed by atoms with Gasteiger partial charge >= 0.3 is 0 Å². The van der Waals surface area contributed by atoms with Crippen LogP contribution in [0.15, 0.2) is 17.2 Å². The largest absolute Gasteiger partial charge is 0.369 e. The van der Waals surface area contributed by atoms with E-state index in [9.17, 15) is 8.42 Å². The Morgan fingerprint density at radius 3 is 2.52 bits per heavy atom. The molecule has 0 aliphatic carbocycles. The molecule has 0 amide bonds.